The highest BCUT2D eigenvalue weighted by Crippen LogP contribution is 2.25. The lowest BCUT2D eigenvalue weighted by atomic mass is 9.86. The zero-order valence-electron chi connectivity index (χ0n) is 11.3. The molecule has 0 bridgehead atoms. The minimum absolute atomic E-state index is 0.00168. The largest absolute Gasteiger partial charge is 0.294 e. The second-order valence-electron chi connectivity index (χ2n) is 5.52. The van der Waals surface area contributed by atoms with Gasteiger partial charge in [0.15, 0.2) is 5.78 Å². The van der Waals surface area contributed by atoms with Gasteiger partial charge in [0.05, 0.1) is 0 Å². The molecular formula is C16H16FNO. The van der Waals surface area contributed by atoms with Gasteiger partial charge in [-0.25, -0.2) is 4.39 Å². The van der Waals surface area contributed by atoms with Gasteiger partial charge in [-0.05, 0) is 12.1 Å². The van der Waals surface area contributed by atoms with Gasteiger partial charge in [0.2, 0.25) is 0 Å². The monoisotopic (exact) mass is 257 g/mol. The normalized spacial score (nSPS) is 11.4. The lowest BCUT2D eigenvalue weighted by Gasteiger charge is -2.16. The van der Waals surface area contributed by atoms with E-state index in [-0.39, 0.29) is 11.6 Å². The molecule has 0 saturated heterocycles. The fraction of sp³-hybridized carbons (Fsp3) is 0.250. The Kier molecular flexibility index (Phi) is 3.47. The van der Waals surface area contributed by atoms with Gasteiger partial charge in [0, 0.05) is 34.5 Å². The highest BCUT2D eigenvalue weighted by Gasteiger charge is 2.23. The molecule has 0 atom stereocenters. The molecule has 0 amide bonds. The van der Waals surface area contributed by atoms with Crippen LogP contribution >= 0.6 is 0 Å². The first-order valence-corrected chi connectivity index (χ1v) is 6.14. The van der Waals surface area contributed by atoms with E-state index in [9.17, 15) is 9.18 Å². The lowest BCUT2D eigenvalue weighted by molar-refractivity contribution is 0.0858. The molecule has 0 aliphatic rings. The molecule has 2 rings (SSSR count). The average molecular weight is 257 g/mol. The third-order valence-electron chi connectivity index (χ3n) is 2.87. The molecular weight excluding hydrogens is 241 g/mol. The molecule has 0 unspecified atom stereocenters. The van der Waals surface area contributed by atoms with Crippen molar-refractivity contribution in [1.82, 2.24) is 4.98 Å². The molecule has 0 radical (unpaired) electrons. The number of benzene rings is 1. The van der Waals surface area contributed by atoms with Crippen molar-refractivity contribution in [3.05, 3.63) is 54.1 Å². The summed E-state index contributed by atoms with van der Waals surface area (Å²) in [5.41, 5.74) is 1.11. The maximum atomic E-state index is 13.7. The standard InChI is InChI=1S/C16H16FNO/c1-16(2,3)15(19)12-8-11(9-18-10-12)13-6-4-5-7-14(13)17/h4-10H,1-3H3. The van der Waals surface area contributed by atoms with Crippen molar-refractivity contribution in [2.75, 3.05) is 0 Å². The van der Waals surface area contributed by atoms with Gasteiger partial charge in [0.1, 0.15) is 5.82 Å². The summed E-state index contributed by atoms with van der Waals surface area (Å²) in [5.74, 6) is -0.317. The van der Waals surface area contributed by atoms with Crippen LogP contribution in [0.5, 0.6) is 0 Å². The molecule has 0 saturated carbocycles. The first-order chi connectivity index (χ1) is 8.89. The molecule has 1 aromatic carbocycles. The molecule has 0 N–H and O–H groups in total. The number of halogens is 1. The minimum Gasteiger partial charge on any atom is -0.294 e. The summed E-state index contributed by atoms with van der Waals surface area (Å²) < 4.78 is 13.7. The Morgan fingerprint density at radius 2 is 1.84 bits per heavy atom. The van der Waals surface area contributed by atoms with Crippen LogP contribution in [0.1, 0.15) is 31.1 Å². The summed E-state index contributed by atoms with van der Waals surface area (Å²) in [6.45, 7) is 5.56. The van der Waals surface area contributed by atoms with Crippen LogP contribution in [0.25, 0.3) is 11.1 Å². The highest BCUT2D eigenvalue weighted by atomic mass is 19.1. The van der Waals surface area contributed by atoms with Crippen LogP contribution in [-0.4, -0.2) is 10.8 Å². The van der Waals surface area contributed by atoms with Crippen LogP contribution in [0.2, 0.25) is 0 Å². The highest BCUT2D eigenvalue weighted by molar-refractivity contribution is 6.00. The van der Waals surface area contributed by atoms with E-state index in [0.717, 1.165) is 0 Å². The van der Waals surface area contributed by atoms with Gasteiger partial charge in [-0.3, -0.25) is 9.78 Å². The molecule has 0 aliphatic heterocycles. The number of hydrogen-bond donors (Lipinski definition) is 0. The number of pyridine rings is 1. The molecule has 98 valence electrons. The average Bonchev–Trinajstić information content (AvgIpc) is 2.37. The van der Waals surface area contributed by atoms with Crippen LogP contribution in [0.4, 0.5) is 4.39 Å². The Bertz CT molecular complexity index is 614. The van der Waals surface area contributed by atoms with E-state index >= 15 is 0 Å². The van der Waals surface area contributed by atoms with Crippen LogP contribution in [0.3, 0.4) is 0 Å². The predicted molar refractivity (Wildman–Crippen MR) is 73.4 cm³/mol. The summed E-state index contributed by atoms with van der Waals surface area (Å²) in [4.78, 5) is 16.3. The van der Waals surface area contributed by atoms with Crippen LogP contribution in [-0.2, 0) is 0 Å². The fourth-order valence-corrected chi connectivity index (χ4v) is 1.84. The molecule has 2 nitrogen and oxygen atoms in total. The van der Waals surface area contributed by atoms with Crippen molar-refractivity contribution in [2.45, 2.75) is 20.8 Å². The third kappa shape index (κ3) is 2.87. The van der Waals surface area contributed by atoms with E-state index in [0.29, 0.717) is 16.7 Å². The smallest absolute Gasteiger partial charge is 0.169 e. The zero-order valence-corrected chi connectivity index (χ0v) is 11.3. The van der Waals surface area contributed by atoms with Crippen LogP contribution < -0.4 is 0 Å². The molecule has 3 heteroatoms. The first kappa shape index (κ1) is 13.4. The van der Waals surface area contributed by atoms with Gasteiger partial charge in [0.25, 0.3) is 0 Å². The summed E-state index contributed by atoms with van der Waals surface area (Å²) in [6.07, 6.45) is 3.09. The van der Waals surface area contributed by atoms with Gasteiger partial charge in [-0.15, -0.1) is 0 Å². The van der Waals surface area contributed by atoms with Gasteiger partial charge >= 0.3 is 0 Å². The molecule has 1 heterocycles. The Morgan fingerprint density at radius 3 is 2.47 bits per heavy atom. The number of aromatic nitrogens is 1. The molecule has 19 heavy (non-hydrogen) atoms. The SMILES string of the molecule is CC(C)(C)C(=O)c1cncc(-c2ccccc2F)c1. The van der Waals surface area contributed by atoms with Crippen molar-refractivity contribution >= 4 is 5.78 Å². The Morgan fingerprint density at radius 1 is 1.16 bits per heavy atom. The van der Waals surface area contributed by atoms with E-state index < -0.39 is 5.41 Å². The van der Waals surface area contributed by atoms with Crippen molar-refractivity contribution in [3.63, 3.8) is 0 Å². The maximum absolute atomic E-state index is 13.7. The number of carbonyl (C=O) groups is 1. The molecule has 0 fully saturated rings. The van der Waals surface area contributed by atoms with Crippen molar-refractivity contribution in [3.8, 4) is 11.1 Å². The van der Waals surface area contributed by atoms with E-state index in [1.165, 1.54) is 12.3 Å². The topological polar surface area (TPSA) is 30.0 Å². The number of rotatable bonds is 2. The zero-order chi connectivity index (χ0) is 14.0. The van der Waals surface area contributed by atoms with Crippen molar-refractivity contribution < 1.29 is 9.18 Å². The molecule has 1 aromatic heterocycles. The number of carbonyl (C=O) groups excluding carboxylic acids is 1. The van der Waals surface area contributed by atoms with Crippen LogP contribution in [0.15, 0.2) is 42.7 Å². The van der Waals surface area contributed by atoms with E-state index in [1.807, 2.05) is 20.8 Å². The van der Waals surface area contributed by atoms with Crippen molar-refractivity contribution in [1.29, 1.82) is 0 Å². The first-order valence-electron chi connectivity index (χ1n) is 6.14. The molecule has 0 aliphatic carbocycles. The van der Waals surface area contributed by atoms with Gasteiger partial charge in [-0.2, -0.15) is 0 Å². The second kappa shape index (κ2) is 4.92. The number of Topliss-reactive ketones (excluding diaryl/α,β-unsaturated/α-hetero) is 1. The van der Waals surface area contributed by atoms with Gasteiger partial charge in [-0.1, -0.05) is 39.0 Å². The van der Waals surface area contributed by atoms with Gasteiger partial charge < -0.3 is 0 Å². The third-order valence-corrected chi connectivity index (χ3v) is 2.87. The lowest BCUT2D eigenvalue weighted by Crippen LogP contribution is -2.20. The summed E-state index contributed by atoms with van der Waals surface area (Å²) >= 11 is 0. The number of ketones is 1. The quantitative estimate of drug-likeness (QED) is 0.757. The van der Waals surface area contributed by atoms with Crippen molar-refractivity contribution in [2.24, 2.45) is 5.41 Å². The summed E-state index contributed by atoms with van der Waals surface area (Å²) in [6, 6.07) is 8.16. The number of hydrogen-bond acceptors (Lipinski definition) is 2. The van der Waals surface area contributed by atoms with E-state index in [1.54, 1.807) is 30.5 Å². The Labute approximate surface area is 112 Å². The predicted octanol–water partition coefficient (Wildman–Crippen LogP) is 4.12. The Hall–Kier alpha value is -2.03. The Balaban J connectivity index is 2.47. The minimum atomic E-state index is -0.477. The number of nitrogens with zero attached hydrogens (tertiary/aromatic N) is 1. The molecule has 2 aromatic rings. The summed E-state index contributed by atoms with van der Waals surface area (Å²) in [5, 5.41) is 0. The van der Waals surface area contributed by atoms with E-state index in [4.69, 9.17) is 0 Å². The fourth-order valence-electron chi connectivity index (χ4n) is 1.84. The van der Waals surface area contributed by atoms with E-state index in [2.05, 4.69) is 4.98 Å². The molecule has 0 spiro atoms. The van der Waals surface area contributed by atoms with Crippen LogP contribution in [0, 0.1) is 11.2 Å². The maximum Gasteiger partial charge on any atom is 0.169 e. The summed E-state index contributed by atoms with van der Waals surface area (Å²) in [7, 11) is 0. The second-order valence-corrected chi connectivity index (χ2v) is 5.52.